The zero-order valence-corrected chi connectivity index (χ0v) is 11.8. The van der Waals surface area contributed by atoms with Gasteiger partial charge in [-0.1, -0.05) is 35.9 Å². The van der Waals surface area contributed by atoms with Gasteiger partial charge in [0.1, 0.15) is 0 Å². The fraction of sp³-hybridized carbons (Fsp3) is 0.176. The lowest BCUT2D eigenvalue weighted by atomic mass is 10.1. The van der Waals surface area contributed by atoms with Crippen molar-refractivity contribution < 1.29 is 9.59 Å². The Hall–Kier alpha value is -2.62. The van der Waals surface area contributed by atoms with Crippen LogP contribution >= 0.6 is 0 Å². The van der Waals surface area contributed by atoms with Crippen LogP contribution in [0.15, 0.2) is 42.5 Å². The molecule has 2 amide bonds. The molecule has 0 aromatic heterocycles. The molecule has 0 radical (unpaired) electrons. The van der Waals surface area contributed by atoms with E-state index in [0.717, 1.165) is 5.56 Å². The minimum Gasteiger partial charge on any atom is -0.398 e. The summed E-state index contributed by atoms with van der Waals surface area (Å²) in [5.41, 5.74) is 9.20. The van der Waals surface area contributed by atoms with E-state index >= 15 is 0 Å². The predicted octanol–water partition coefficient (Wildman–Crippen LogP) is 2.42. The first kappa shape index (κ1) is 13.4. The number of nitrogens with two attached hydrogens (primary N) is 1. The van der Waals surface area contributed by atoms with Gasteiger partial charge in [-0.15, -0.1) is 0 Å². The molecule has 0 saturated carbocycles. The number of carbonyl (C=O) groups is 2. The van der Waals surface area contributed by atoms with E-state index in [2.05, 4.69) is 6.07 Å². The van der Waals surface area contributed by atoms with Crippen molar-refractivity contribution in [3.05, 3.63) is 64.7 Å². The smallest absolute Gasteiger partial charge is 0.263 e. The highest BCUT2D eigenvalue weighted by Gasteiger charge is 2.36. The van der Waals surface area contributed by atoms with Crippen molar-refractivity contribution in [2.75, 3.05) is 12.3 Å². The molecule has 0 atom stereocenters. The Labute approximate surface area is 123 Å². The van der Waals surface area contributed by atoms with Gasteiger partial charge >= 0.3 is 0 Å². The Morgan fingerprint density at radius 1 is 1.05 bits per heavy atom. The average Bonchev–Trinajstić information content (AvgIpc) is 2.70. The van der Waals surface area contributed by atoms with Crippen molar-refractivity contribution in [3.63, 3.8) is 0 Å². The lowest BCUT2D eigenvalue weighted by Gasteiger charge is -2.13. The van der Waals surface area contributed by atoms with Gasteiger partial charge in [0.05, 0.1) is 11.1 Å². The summed E-state index contributed by atoms with van der Waals surface area (Å²) in [7, 11) is 0. The summed E-state index contributed by atoms with van der Waals surface area (Å²) in [6.45, 7) is 2.39. The highest BCUT2D eigenvalue weighted by atomic mass is 16.2. The Kier molecular flexibility index (Phi) is 3.22. The Morgan fingerprint density at radius 3 is 2.52 bits per heavy atom. The first-order valence-corrected chi connectivity index (χ1v) is 6.88. The van der Waals surface area contributed by atoms with Crippen LogP contribution in [0, 0.1) is 6.92 Å². The second kappa shape index (κ2) is 5.05. The van der Waals surface area contributed by atoms with Crippen LogP contribution in [0.5, 0.6) is 0 Å². The lowest BCUT2D eigenvalue weighted by Crippen LogP contribution is -2.31. The van der Waals surface area contributed by atoms with Crippen molar-refractivity contribution >= 4 is 17.5 Å². The molecule has 3 rings (SSSR count). The largest absolute Gasteiger partial charge is 0.398 e. The molecule has 0 spiro atoms. The van der Waals surface area contributed by atoms with Crippen molar-refractivity contribution in [3.8, 4) is 0 Å². The Morgan fingerprint density at radius 2 is 1.81 bits per heavy atom. The van der Waals surface area contributed by atoms with Gasteiger partial charge in [0, 0.05) is 12.2 Å². The first-order chi connectivity index (χ1) is 10.1. The number of nitrogens with zero attached hydrogens (tertiary/aromatic N) is 1. The molecule has 21 heavy (non-hydrogen) atoms. The average molecular weight is 280 g/mol. The zero-order valence-electron chi connectivity index (χ0n) is 11.8. The number of nitrogen functional groups attached to an aromatic ring is 1. The number of hydrogen-bond donors (Lipinski definition) is 1. The third kappa shape index (κ3) is 2.29. The third-order valence-electron chi connectivity index (χ3n) is 3.74. The van der Waals surface area contributed by atoms with E-state index in [1.165, 1.54) is 10.5 Å². The summed E-state index contributed by atoms with van der Waals surface area (Å²) in [5, 5.41) is 0. The van der Waals surface area contributed by atoms with Gasteiger partial charge in [0.15, 0.2) is 0 Å². The molecule has 2 aromatic rings. The van der Waals surface area contributed by atoms with E-state index in [4.69, 9.17) is 5.73 Å². The van der Waals surface area contributed by atoms with E-state index in [1.54, 1.807) is 18.2 Å². The van der Waals surface area contributed by atoms with Crippen LogP contribution in [0.2, 0.25) is 0 Å². The minimum absolute atomic E-state index is 0.255. The molecule has 2 aromatic carbocycles. The molecular weight excluding hydrogens is 264 g/mol. The van der Waals surface area contributed by atoms with Gasteiger partial charge in [-0.25, -0.2) is 0 Å². The number of aryl methyl sites for hydroxylation is 1. The maximum absolute atomic E-state index is 12.3. The van der Waals surface area contributed by atoms with Crippen molar-refractivity contribution in [1.82, 2.24) is 4.90 Å². The molecule has 0 bridgehead atoms. The van der Waals surface area contributed by atoms with Gasteiger partial charge in [-0.05, 0) is 31.0 Å². The number of anilines is 1. The summed E-state index contributed by atoms with van der Waals surface area (Å²) < 4.78 is 0. The minimum atomic E-state index is -0.291. The maximum Gasteiger partial charge on any atom is 0.263 e. The van der Waals surface area contributed by atoms with Crippen LogP contribution in [0.3, 0.4) is 0 Å². The lowest BCUT2D eigenvalue weighted by molar-refractivity contribution is 0.0656. The maximum atomic E-state index is 12.3. The molecule has 1 heterocycles. The van der Waals surface area contributed by atoms with Gasteiger partial charge in [-0.3, -0.25) is 14.5 Å². The number of fused-ring (bicyclic) bond motifs is 1. The highest BCUT2D eigenvalue weighted by Crippen LogP contribution is 2.27. The van der Waals surface area contributed by atoms with Crippen LogP contribution in [-0.2, 0) is 6.42 Å². The van der Waals surface area contributed by atoms with Crippen LogP contribution < -0.4 is 5.73 Å². The number of carbonyl (C=O) groups excluding carboxylic acids is 2. The number of rotatable bonds is 3. The second-order valence-electron chi connectivity index (χ2n) is 5.27. The predicted molar refractivity (Wildman–Crippen MR) is 81.1 cm³/mol. The van der Waals surface area contributed by atoms with Crippen molar-refractivity contribution in [2.24, 2.45) is 0 Å². The number of benzene rings is 2. The summed E-state index contributed by atoms with van der Waals surface area (Å²) >= 11 is 0. The molecule has 0 aliphatic carbocycles. The van der Waals surface area contributed by atoms with Crippen LogP contribution in [-0.4, -0.2) is 23.3 Å². The SMILES string of the molecule is Cc1cccc(CCN2C(=O)c3cccc(N)c3C2=O)c1. The standard InChI is InChI=1S/C17H16N2O2/c1-11-4-2-5-12(10-11)8-9-19-16(20)13-6-3-7-14(18)15(13)17(19)21/h2-7,10H,8-9,18H2,1H3. The van der Waals surface area contributed by atoms with Gasteiger partial charge in [-0.2, -0.15) is 0 Å². The molecule has 0 fully saturated rings. The normalized spacial score (nSPS) is 13.7. The quantitative estimate of drug-likeness (QED) is 0.693. The molecule has 2 N–H and O–H groups in total. The van der Waals surface area contributed by atoms with Crippen LogP contribution in [0.25, 0.3) is 0 Å². The van der Waals surface area contributed by atoms with Crippen LogP contribution in [0.1, 0.15) is 31.8 Å². The van der Waals surface area contributed by atoms with Crippen LogP contribution in [0.4, 0.5) is 5.69 Å². The summed E-state index contributed by atoms with van der Waals surface area (Å²) in [5.74, 6) is -0.546. The molecule has 106 valence electrons. The molecule has 0 unspecified atom stereocenters. The zero-order chi connectivity index (χ0) is 15.0. The molecule has 4 heteroatoms. The fourth-order valence-electron chi connectivity index (χ4n) is 2.67. The van der Waals surface area contributed by atoms with Crippen molar-refractivity contribution in [1.29, 1.82) is 0 Å². The summed E-state index contributed by atoms with van der Waals surface area (Å²) in [6.07, 6.45) is 0.646. The molecule has 0 saturated heterocycles. The number of amides is 2. The number of hydrogen-bond acceptors (Lipinski definition) is 3. The number of imide groups is 1. The second-order valence-corrected chi connectivity index (χ2v) is 5.27. The molecule has 1 aliphatic heterocycles. The van der Waals surface area contributed by atoms with Gasteiger partial charge in [0.2, 0.25) is 0 Å². The Bertz CT molecular complexity index is 737. The van der Waals surface area contributed by atoms with E-state index in [1.807, 2.05) is 25.1 Å². The van der Waals surface area contributed by atoms with E-state index < -0.39 is 0 Å². The van der Waals surface area contributed by atoms with E-state index in [-0.39, 0.29) is 11.8 Å². The third-order valence-corrected chi connectivity index (χ3v) is 3.74. The summed E-state index contributed by atoms with van der Waals surface area (Å²) in [6, 6.07) is 13.1. The summed E-state index contributed by atoms with van der Waals surface area (Å²) in [4.78, 5) is 25.9. The van der Waals surface area contributed by atoms with Gasteiger partial charge < -0.3 is 5.73 Å². The molecule has 4 nitrogen and oxygen atoms in total. The monoisotopic (exact) mass is 280 g/mol. The van der Waals surface area contributed by atoms with E-state index in [9.17, 15) is 9.59 Å². The molecule has 1 aliphatic rings. The Balaban J connectivity index is 1.81. The fourth-order valence-corrected chi connectivity index (χ4v) is 2.67. The van der Waals surface area contributed by atoms with Gasteiger partial charge in [0.25, 0.3) is 11.8 Å². The topological polar surface area (TPSA) is 63.4 Å². The molecular formula is C17H16N2O2. The highest BCUT2D eigenvalue weighted by molar-refractivity contribution is 6.23. The first-order valence-electron chi connectivity index (χ1n) is 6.88. The van der Waals surface area contributed by atoms with E-state index in [0.29, 0.717) is 29.8 Å². The van der Waals surface area contributed by atoms with Crippen molar-refractivity contribution in [2.45, 2.75) is 13.3 Å².